The summed E-state index contributed by atoms with van der Waals surface area (Å²) < 4.78 is 0. The van der Waals surface area contributed by atoms with Crippen LogP contribution in [0.25, 0.3) is 0 Å². The van der Waals surface area contributed by atoms with Gasteiger partial charge in [-0.3, -0.25) is 0 Å². The Morgan fingerprint density at radius 2 is 2.00 bits per heavy atom. The summed E-state index contributed by atoms with van der Waals surface area (Å²) in [6.07, 6.45) is 5.41. The Labute approximate surface area is 59.0 Å². The van der Waals surface area contributed by atoms with Gasteiger partial charge in [-0.25, -0.2) is 0 Å². The van der Waals surface area contributed by atoms with E-state index >= 15 is 0 Å². The van der Waals surface area contributed by atoms with E-state index in [1.807, 2.05) is 6.08 Å². The van der Waals surface area contributed by atoms with Crippen LogP contribution in [0.15, 0.2) is 6.08 Å². The molecule has 1 unspecified atom stereocenters. The van der Waals surface area contributed by atoms with Crippen molar-refractivity contribution in [3.8, 4) is 0 Å². The lowest BCUT2D eigenvalue weighted by Crippen LogP contribution is -2.09. The maximum Gasteiger partial charge on any atom is -0.0146 e. The summed E-state index contributed by atoms with van der Waals surface area (Å²) in [5.41, 5.74) is 0.286. The molecule has 0 aromatic rings. The van der Waals surface area contributed by atoms with Crippen LogP contribution >= 0.6 is 0 Å². The predicted octanol–water partition coefficient (Wildman–Crippen LogP) is 3.19. The van der Waals surface area contributed by atoms with Crippen LogP contribution in [0.3, 0.4) is 0 Å². The highest BCUT2D eigenvalue weighted by Gasteiger charge is 2.14. The zero-order valence-electron chi connectivity index (χ0n) is 6.78. The second-order valence-corrected chi connectivity index (χ2v) is 2.92. The molecule has 0 heterocycles. The van der Waals surface area contributed by atoms with Gasteiger partial charge in [0, 0.05) is 0 Å². The summed E-state index contributed by atoms with van der Waals surface area (Å²) in [5.74, 6) is 0. The van der Waals surface area contributed by atoms with E-state index in [1.54, 1.807) is 0 Å². The molecular formula is C9H17. The third-order valence-corrected chi connectivity index (χ3v) is 2.03. The average Bonchev–Trinajstić information content (AvgIpc) is 1.89. The molecule has 0 aliphatic rings. The van der Waals surface area contributed by atoms with Crippen LogP contribution in [0.1, 0.15) is 40.0 Å². The summed E-state index contributed by atoms with van der Waals surface area (Å²) in [4.78, 5) is 0. The summed E-state index contributed by atoms with van der Waals surface area (Å²) in [5, 5.41) is 0. The van der Waals surface area contributed by atoms with Crippen molar-refractivity contribution in [1.29, 1.82) is 0 Å². The quantitative estimate of drug-likeness (QED) is 0.541. The average molecular weight is 125 g/mol. The second-order valence-electron chi connectivity index (χ2n) is 2.92. The lowest BCUT2D eigenvalue weighted by molar-refractivity contribution is 0.373. The zero-order chi connectivity index (χ0) is 7.33. The van der Waals surface area contributed by atoms with E-state index in [1.165, 1.54) is 12.8 Å². The monoisotopic (exact) mass is 125 g/mol. The molecule has 0 spiro atoms. The summed E-state index contributed by atoms with van der Waals surface area (Å²) in [7, 11) is 0. The minimum Gasteiger partial charge on any atom is -0.0786 e. The van der Waals surface area contributed by atoms with Gasteiger partial charge < -0.3 is 0 Å². The van der Waals surface area contributed by atoms with Crippen molar-refractivity contribution in [3.05, 3.63) is 12.7 Å². The highest BCUT2D eigenvalue weighted by atomic mass is 14.2. The third kappa shape index (κ3) is 2.69. The van der Waals surface area contributed by atoms with Crippen LogP contribution in [-0.2, 0) is 0 Å². The van der Waals surface area contributed by atoms with Gasteiger partial charge in [0.05, 0.1) is 0 Å². The molecule has 0 saturated heterocycles. The van der Waals surface area contributed by atoms with E-state index in [2.05, 4.69) is 20.8 Å². The highest BCUT2D eigenvalue weighted by Crippen LogP contribution is 2.27. The molecule has 1 radical (unpaired) electrons. The van der Waals surface area contributed by atoms with Crippen LogP contribution in [0.4, 0.5) is 0 Å². The molecule has 53 valence electrons. The van der Waals surface area contributed by atoms with Crippen LogP contribution in [-0.4, -0.2) is 0 Å². The minimum atomic E-state index is 0.286. The van der Waals surface area contributed by atoms with Gasteiger partial charge in [-0.15, -0.1) is 0 Å². The van der Waals surface area contributed by atoms with Gasteiger partial charge in [-0.2, -0.15) is 0 Å². The molecule has 0 nitrogen and oxygen atoms in total. The van der Waals surface area contributed by atoms with Crippen molar-refractivity contribution in [2.45, 2.75) is 40.0 Å². The Hall–Kier alpha value is -0.260. The third-order valence-electron chi connectivity index (χ3n) is 2.03. The lowest BCUT2D eigenvalue weighted by atomic mass is 9.83. The van der Waals surface area contributed by atoms with Gasteiger partial charge in [0.15, 0.2) is 0 Å². The molecule has 0 N–H and O–H groups in total. The van der Waals surface area contributed by atoms with Gasteiger partial charge in [0.2, 0.25) is 0 Å². The fraction of sp³-hybridized carbons (Fsp3) is 0.778. The lowest BCUT2D eigenvalue weighted by Gasteiger charge is -2.22. The van der Waals surface area contributed by atoms with Crippen molar-refractivity contribution < 1.29 is 0 Å². The smallest absolute Gasteiger partial charge is 0.0146 e. The molecule has 0 heteroatoms. The maximum atomic E-state index is 5.48. The van der Waals surface area contributed by atoms with Crippen molar-refractivity contribution in [2.24, 2.45) is 5.41 Å². The Morgan fingerprint density at radius 3 is 2.11 bits per heavy atom. The highest BCUT2D eigenvalue weighted by molar-refractivity contribution is 4.87. The summed E-state index contributed by atoms with van der Waals surface area (Å²) >= 11 is 0. The number of hydrogen-bond acceptors (Lipinski definition) is 0. The largest absolute Gasteiger partial charge is 0.0786 e. The van der Waals surface area contributed by atoms with Crippen LogP contribution in [0.5, 0.6) is 0 Å². The number of rotatable bonds is 4. The Balaban J connectivity index is 3.76. The van der Waals surface area contributed by atoms with Gasteiger partial charge in [-0.05, 0) is 18.3 Å². The normalized spacial score (nSPS) is 16.8. The van der Waals surface area contributed by atoms with Crippen molar-refractivity contribution in [2.75, 3.05) is 0 Å². The van der Waals surface area contributed by atoms with Gasteiger partial charge in [0.25, 0.3) is 0 Å². The Morgan fingerprint density at radius 1 is 1.44 bits per heavy atom. The van der Waals surface area contributed by atoms with E-state index in [9.17, 15) is 0 Å². The molecule has 0 amide bonds. The standard InChI is InChI=1S/C9H17/c1-5-8-9(4,6-2)7-3/h2,6H,5,7-8H2,1,3-4H3. The Bertz CT molecular complexity index is 84.0. The first-order chi connectivity index (χ1) is 4.18. The fourth-order valence-corrected chi connectivity index (χ4v) is 0.949. The van der Waals surface area contributed by atoms with Gasteiger partial charge in [0.1, 0.15) is 0 Å². The number of allylic oxidation sites excluding steroid dienone is 1. The molecule has 9 heavy (non-hydrogen) atoms. The van der Waals surface area contributed by atoms with Crippen molar-refractivity contribution >= 4 is 0 Å². The van der Waals surface area contributed by atoms with Crippen LogP contribution in [0, 0.1) is 12.0 Å². The summed E-state index contributed by atoms with van der Waals surface area (Å²) in [6.45, 7) is 12.1. The molecule has 0 aliphatic heterocycles. The maximum absolute atomic E-state index is 5.48. The fourth-order valence-electron chi connectivity index (χ4n) is 0.949. The topological polar surface area (TPSA) is 0 Å². The Kier molecular flexibility index (Phi) is 3.60. The molecule has 0 aromatic carbocycles. The van der Waals surface area contributed by atoms with E-state index in [-0.39, 0.29) is 5.41 Å². The van der Waals surface area contributed by atoms with E-state index in [4.69, 9.17) is 6.58 Å². The second kappa shape index (κ2) is 3.71. The minimum absolute atomic E-state index is 0.286. The van der Waals surface area contributed by atoms with Crippen molar-refractivity contribution in [1.82, 2.24) is 0 Å². The van der Waals surface area contributed by atoms with E-state index < -0.39 is 0 Å². The van der Waals surface area contributed by atoms with Crippen LogP contribution < -0.4 is 0 Å². The number of hydrogen-bond donors (Lipinski definition) is 0. The van der Waals surface area contributed by atoms with E-state index in [0.717, 1.165) is 6.42 Å². The van der Waals surface area contributed by atoms with Gasteiger partial charge >= 0.3 is 0 Å². The molecule has 0 saturated carbocycles. The SMILES string of the molecule is [CH]=CC(C)(CC)CCC. The molecule has 0 fully saturated rings. The van der Waals surface area contributed by atoms with Crippen molar-refractivity contribution in [3.63, 3.8) is 0 Å². The predicted molar refractivity (Wildman–Crippen MR) is 42.2 cm³/mol. The molecule has 0 aliphatic carbocycles. The van der Waals surface area contributed by atoms with Gasteiger partial charge in [-0.1, -0.05) is 39.8 Å². The molecule has 0 bridgehead atoms. The first kappa shape index (κ1) is 8.74. The van der Waals surface area contributed by atoms with Crippen LogP contribution in [0.2, 0.25) is 0 Å². The first-order valence-corrected chi connectivity index (χ1v) is 3.74. The molecule has 0 aromatic heterocycles. The molecular weight excluding hydrogens is 108 g/mol. The van der Waals surface area contributed by atoms with E-state index in [0.29, 0.717) is 0 Å². The molecule has 1 atom stereocenters. The zero-order valence-corrected chi connectivity index (χ0v) is 6.78. The summed E-state index contributed by atoms with van der Waals surface area (Å²) in [6, 6.07) is 0. The first-order valence-electron chi connectivity index (χ1n) is 3.74. The molecule has 0 rings (SSSR count).